The van der Waals surface area contributed by atoms with Crippen LogP contribution in [-0.2, 0) is 27.5 Å². The Bertz CT molecular complexity index is 1670. The number of carboxylic acids is 1. The summed E-state index contributed by atoms with van der Waals surface area (Å²) < 4.78 is 81.8. The van der Waals surface area contributed by atoms with Crippen molar-refractivity contribution in [2.24, 2.45) is 16.7 Å². The number of alkyl halides is 5. The highest BCUT2D eigenvalue weighted by Gasteiger charge is 2.54. The third-order valence-electron chi connectivity index (χ3n) is 10.8. The first kappa shape index (κ1) is 40.2. The van der Waals surface area contributed by atoms with E-state index in [2.05, 4.69) is 17.4 Å². The molecule has 1 unspecified atom stereocenters. The number of likely N-dealkylation sites (tertiary alicyclic amines) is 2. The average molecular weight is 753 g/mol. The van der Waals surface area contributed by atoms with Crippen LogP contribution in [0.15, 0.2) is 54.2 Å². The van der Waals surface area contributed by atoms with E-state index in [4.69, 9.17) is 4.74 Å². The van der Waals surface area contributed by atoms with Crippen LogP contribution in [0, 0.1) is 22.6 Å². The highest BCUT2D eigenvalue weighted by atomic mass is 19.4. The van der Waals surface area contributed by atoms with E-state index in [0.29, 0.717) is 49.5 Å². The molecule has 4 aliphatic rings. The molecule has 2 saturated heterocycles. The second kappa shape index (κ2) is 15.8. The van der Waals surface area contributed by atoms with Crippen LogP contribution in [0.5, 0.6) is 0 Å². The second-order valence-corrected chi connectivity index (χ2v) is 15.3. The molecule has 2 aromatic carbocycles. The van der Waals surface area contributed by atoms with E-state index in [-0.39, 0.29) is 73.1 Å². The van der Waals surface area contributed by atoms with Crippen LogP contribution in [-0.4, -0.2) is 96.6 Å². The maximum Gasteiger partial charge on any atom is 0.400 e. The van der Waals surface area contributed by atoms with Crippen LogP contribution >= 0.6 is 0 Å². The Morgan fingerprint density at radius 1 is 1.04 bits per heavy atom. The van der Waals surface area contributed by atoms with Crippen molar-refractivity contribution in [1.29, 1.82) is 0 Å². The number of carbonyl (C=O) groups is 3. The molecule has 290 valence electrons. The van der Waals surface area contributed by atoms with Crippen molar-refractivity contribution >= 4 is 18.2 Å². The highest BCUT2D eigenvalue weighted by molar-refractivity contribution is 5.94. The molecular formula is C38H46F6N4O5. The number of nitrogens with zero attached hydrogens (tertiary/aromatic N) is 3. The van der Waals surface area contributed by atoms with Gasteiger partial charge in [-0.3, -0.25) is 4.79 Å². The van der Waals surface area contributed by atoms with Crippen molar-refractivity contribution in [3.8, 4) is 0 Å². The maximum atomic E-state index is 13.8. The van der Waals surface area contributed by atoms with Crippen LogP contribution in [0.4, 0.5) is 26.3 Å². The predicted octanol–water partition coefficient (Wildman–Crippen LogP) is 6.40. The molecule has 1 amide bonds. The summed E-state index contributed by atoms with van der Waals surface area (Å²) in [6.07, 6.45) is -2.65. The average Bonchev–Trinajstić information content (AvgIpc) is 3.70. The van der Waals surface area contributed by atoms with Crippen molar-refractivity contribution in [2.45, 2.75) is 70.7 Å². The van der Waals surface area contributed by atoms with Gasteiger partial charge in [0.25, 0.3) is 5.91 Å². The lowest BCUT2D eigenvalue weighted by Crippen LogP contribution is -2.59. The van der Waals surface area contributed by atoms with Crippen LogP contribution in [0.3, 0.4) is 0 Å². The summed E-state index contributed by atoms with van der Waals surface area (Å²) in [4.78, 5) is 39.8. The number of hydrogen-bond donors (Lipinski definition) is 2. The van der Waals surface area contributed by atoms with Gasteiger partial charge in [0, 0.05) is 63.1 Å². The van der Waals surface area contributed by atoms with Crippen molar-refractivity contribution in [2.75, 3.05) is 46.4 Å². The van der Waals surface area contributed by atoms with Crippen molar-refractivity contribution in [3.63, 3.8) is 0 Å². The summed E-state index contributed by atoms with van der Waals surface area (Å²) in [6.45, 7) is 5.94. The number of nitrogens with one attached hydrogen (secondary N) is 1. The summed E-state index contributed by atoms with van der Waals surface area (Å²) in [6, 6.07) is 11.5. The topological polar surface area (TPSA) is 102 Å². The second-order valence-electron chi connectivity index (χ2n) is 15.3. The van der Waals surface area contributed by atoms with Gasteiger partial charge in [-0.1, -0.05) is 30.3 Å². The lowest BCUT2D eigenvalue weighted by atomic mass is 9.72. The summed E-state index contributed by atoms with van der Waals surface area (Å²) in [5.41, 5.74) is 3.84. The molecule has 0 bridgehead atoms. The molecule has 3 aliphatic heterocycles. The number of hydrazine groups is 1. The zero-order chi connectivity index (χ0) is 38.8. The van der Waals surface area contributed by atoms with Crippen molar-refractivity contribution in [1.82, 2.24) is 20.2 Å². The van der Waals surface area contributed by atoms with Gasteiger partial charge in [-0.2, -0.15) is 13.2 Å². The Kier molecular flexibility index (Phi) is 12.0. The number of aldehydes is 1. The standard InChI is InChI=1S/C33H39F3N4O4.C5H7F3O/c1-38-19-32(20-38)21-39(30(41)25-13-37-40(15-25)14-22-5-7-27(34)8-6-22)16-26(32)18-44-17-24-3-2-4-28(29(24)31(42)43)23-9-11-33(35,36)12-10-23;1-4(2,3-9)5(6,7)8/h2-8,15,23,26,37H,9-14,16-21H2,1H3,(H,42,43);3H,1-2H3. The molecule has 15 heteroatoms. The zero-order valence-corrected chi connectivity index (χ0v) is 30.0. The Hall–Kier alpha value is -3.95. The van der Waals surface area contributed by atoms with Crippen molar-refractivity contribution in [3.05, 3.63) is 82.3 Å². The first-order valence-electron chi connectivity index (χ1n) is 17.6. The van der Waals surface area contributed by atoms with Gasteiger partial charge in [-0.05, 0) is 68.5 Å². The molecule has 1 aliphatic carbocycles. The fourth-order valence-electron chi connectivity index (χ4n) is 7.56. The van der Waals surface area contributed by atoms with Gasteiger partial charge in [-0.15, -0.1) is 0 Å². The minimum atomic E-state index is -4.42. The third-order valence-corrected chi connectivity index (χ3v) is 10.8. The number of amides is 1. The van der Waals surface area contributed by atoms with E-state index in [9.17, 15) is 45.8 Å². The van der Waals surface area contributed by atoms with Gasteiger partial charge in [0.15, 0.2) is 0 Å². The molecule has 6 rings (SSSR count). The number of benzene rings is 2. The maximum absolute atomic E-state index is 13.8. The molecule has 9 nitrogen and oxygen atoms in total. The third kappa shape index (κ3) is 9.41. The number of halogens is 6. The van der Waals surface area contributed by atoms with Gasteiger partial charge < -0.3 is 29.4 Å². The lowest BCUT2D eigenvalue weighted by molar-refractivity contribution is -0.203. The molecule has 2 aromatic rings. The minimum absolute atomic E-state index is 0.0190. The summed E-state index contributed by atoms with van der Waals surface area (Å²) in [5, 5.41) is 11.9. The Morgan fingerprint density at radius 2 is 1.70 bits per heavy atom. The van der Waals surface area contributed by atoms with E-state index in [0.717, 1.165) is 32.5 Å². The van der Waals surface area contributed by atoms with Gasteiger partial charge in [0.05, 0.1) is 30.9 Å². The number of carboxylic acid groups (broad SMARTS) is 1. The largest absolute Gasteiger partial charge is 0.478 e. The fraction of sp³-hybridized carbons (Fsp3) is 0.553. The quantitative estimate of drug-likeness (QED) is 0.213. The van der Waals surface area contributed by atoms with Gasteiger partial charge in [0.1, 0.15) is 17.5 Å². The summed E-state index contributed by atoms with van der Waals surface area (Å²) >= 11 is 0. The molecule has 1 spiro atoms. The first-order valence-corrected chi connectivity index (χ1v) is 17.6. The molecule has 53 heavy (non-hydrogen) atoms. The Balaban J connectivity index is 0.000000534. The number of ether oxygens (including phenoxy) is 1. The van der Waals surface area contributed by atoms with Gasteiger partial charge in [0.2, 0.25) is 5.92 Å². The molecule has 3 fully saturated rings. The van der Waals surface area contributed by atoms with Crippen LogP contribution in [0.1, 0.15) is 72.5 Å². The van der Waals surface area contributed by atoms with Crippen LogP contribution in [0.25, 0.3) is 0 Å². The van der Waals surface area contributed by atoms with E-state index in [1.165, 1.54) is 12.1 Å². The number of carbonyl (C=O) groups excluding carboxylic acids is 2. The van der Waals surface area contributed by atoms with E-state index in [1.54, 1.807) is 30.3 Å². The van der Waals surface area contributed by atoms with Gasteiger partial charge >= 0.3 is 12.1 Å². The summed E-state index contributed by atoms with van der Waals surface area (Å²) in [5.74, 6) is -4.19. The van der Waals surface area contributed by atoms with E-state index >= 15 is 0 Å². The molecule has 2 N–H and O–H groups in total. The molecule has 3 heterocycles. The minimum Gasteiger partial charge on any atom is -0.478 e. The first-order chi connectivity index (χ1) is 24.8. The zero-order valence-electron chi connectivity index (χ0n) is 30.0. The summed E-state index contributed by atoms with van der Waals surface area (Å²) in [7, 11) is 2.05. The highest BCUT2D eigenvalue weighted by Crippen LogP contribution is 2.45. The van der Waals surface area contributed by atoms with E-state index in [1.807, 2.05) is 16.1 Å². The van der Waals surface area contributed by atoms with Crippen LogP contribution in [0.2, 0.25) is 0 Å². The molecular weight excluding hydrogens is 706 g/mol. The van der Waals surface area contributed by atoms with E-state index < -0.39 is 23.5 Å². The van der Waals surface area contributed by atoms with Gasteiger partial charge in [-0.25, -0.2) is 23.4 Å². The SMILES string of the molecule is CC(C)(C=O)C(F)(F)F.CN1CC2(C1)CN(C(=O)C1=CN(Cc3ccc(F)cc3)NC1)CC2COCc1cccc(C2CCC(F)(F)CC2)c1C(=O)O. The number of hydrogen-bond acceptors (Lipinski definition) is 7. The smallest absolute Gasteiger partial charge is 0.400 e. The molecule has 0 aromatic heterocycles. The fourth-order valence-corrected chi connectivity index (χ4v) is 7.56. The monoisotopic (exact) mass is 752 g/mol. The molecule has 1 saturated carbocycles. The molecule has 0 radical (unpaired) electrons. The number of rotatable bonds is 10. The normalized spacial score (nSPS) is 21.5. The Morgan fingerprint density at radius 3 is 2.26 bits per heavy atom. The van der Waals surface area contributed by atoms with Crippen molar-refractivity contribution < 1.29 is 50.6 Å². The van der Waals surface area contributed by atoms with Crippen LogP contribution < -0.4 is 5.43 Å². The number of aromatic carboxylic acids is 1. The molecule has 1 atom stereocenters. The predicted molar refractivity (Wildman–Crippen MR) is 183 cm³/mol. The Labute approximate surface area is 304 Å². The lowest BCUT2D eigenvalue weighted by Gasteiger charge is -2.49.